The summed E-state index contributed by atoms with van der Waals surface area (Å²) in [6, 6.07) is 19.3. The van der Waals surface area contributed by atoms with Crippen molar-refractivity contribution in [2.75, 3.05) is 6.54 Å². The Balaban J connectivity index is 1.63. The molecule has 3 aromatic carbocycles. The van der Waals surface area contributed by atoms with Gasteiger partial charge in [0, 0.05) is 39.8 Å². The second kappa shape index (κ2) is 8.80. The number of likely N-dealkylation sites (tertiary alicyclic amines) is 1. The van der Waals surface area contributed by atoms with Crippen molar-refractivity contribution in [3.05, 3.63) is 112 Å². The molecule has 1 amide bonds. The molecular weight excluding hydrogens is 455 g/mol. The monoisotopic (exact) mass is 474 g/mol. The predicted molar refractivity (Wildman–Crippen MR) is 129 cm³/mol. The zero-order chi connectivity index (χ0) is 23.8. The topological polar surface area (TPSA) is 73.4 Å². The number of carbonyl (C=O) groups excluding carboxylic acids is 2. The number of nitrogens with one attached hydrogen (secondary N) is 1. The van der Waals surface area contributed by atoms with Crippen molar-refractivity contribution >= 4 is 40.0 Å². The third kappa shape index (κ3) is 3.86. The van der Waals surface area contributed by atoms with E-state index in [1.807, 2.05) is 24.3 Å². The standard InChI is InChI=1S/C27H20ClFN2O3/c28-18-5-3-4-17(14-18)25(32)23-24(21-15-30-22-7-2-1-6-20(21)22)31(27(34)26(23)33)13-12-16-8-10-19(29)11-9-16/h1-11,14-15,24,30,32H,12-13H2/b25-23+. The third-order valence-corrected chi connectivity index (χ3v) is 6.34. The van der Waals surface area contributed by atoms with E-state index in [2.05, 4.69) is 4.98 Å². The molecule has 1 aromatic heterocycles. The molecule has 170 valence electrons. The number of H-pyrrole nitrogens is 1. The van der Waals surface area contributed by atoms with Gasteiger partial charge in [0.2, 0.25) is 0 Å². The van der Waals surface area contributed by atoms with Gasteiger partial charge in [-0.2, -0.15) is 0 Å². The summed E-state index contributed by atoms with van der Waals surface area (Å²) in [6.45, 7) is 0.215. The number of hydrogen-bond acceptors (Lipinski definition) is 3. The molecule has 5 nitrogen and oxygen atoms in total. The number of aromatic nitrogens is 1. The van der Waals surface area contributed by atoms with Gasteiger partial charge >= 0.3 is 0 Å². The van der Waals surface area contributed by atoms with E-state index in [4.69, 9.17) is 11.6 Å². The molecule has 1 atom stereocenters. The minimum absolute atomic E-state index is 0.0103. The minimum Gasteiger partial charge on any atom is -0.507 e. The van der Waals surface area contributed by atoms with E-state index in [1.54, 1.807) is 42.6 Å². The van der Waals surface area contributed by atoms with Gasteiger partial charge < -0.3 is 15.0 Å². The van der Waals surface area contributed by atoms with Gasteiger partial charge in [-0.05, 0) is 42.3 Å². The first kappa shape index (κ1) is 21.9. The fourth-order valence-corrected chi connectivity index (χ4v) is 4.64. The number of aromatic amines is 1. The van der Waals surface area contributed by atoms with E-state index >= 15 is 0 Å². The molecule has 0 saturated carbocycles. The van der Waals surface area contributed by atoms with Crippen LogP contribution >= 0.6 is 11.6 Å². The molecule has 7 heteroatoms. The fraction of sp³-hybridized carbons (Fsp3) is 0.111. The number of ketones is 1. The Morgan fingerprint density at radius 2 is 1.79 bits per heavy atom. The number of carbonyl (C=O) groups is 2. The molecule has 1 aliphatic heterocycles. The SMILES string of the molecule is O=C1C(=O)N(CCc2ccc(F)cc2)C(c2c[nH]c3ccccc23)/C1=C(\O)c1cccc(Cl)c1. The highest BCUT2D eigenvalue weighted by Crippen LogP contribution is 2.42. The highest BCUT2D eigenvalue weighted by Gasteiger charge is 2.46. The number of hydrogen-bond donors (Lipinski definition) is 2. The van der Waals surface area contributed by atoms with Gasteiger partial charge in [0.15, 0.2) is 0 Å². The first-order valence-corrected chi connectivity index (χ1v) is 11.2. The van der Waals surface area contributed by atoms with E-state index in [1.165, 1.54) is 17.0 Å². The molecule has 0 bridgehead atoms. The molecule has 1 fully saturated rings. The van der Waals surface area contributed by atoms with Gasteiger partial charge in [-0.3, -0.25) is 9.59 Å². The second-order valence-electron chi connectivity index (χ2n) is 8.17. The summed E-state index contributed by atoms with van der Waals surface area (Å²) in [5.74, 6) is -2.07. The minimum atomic E-state index is -0.796. The summed E-state index contributed by atoms with van der Waals surface area (Å²) in [6.07, 6.45) is 2.18. The van der Waals surface area contributed by atoms with Gasteiger partial charge in [-0.25, -0.2) is 4.39 Å². The van der Waals surface area contributed by atoms with E-state index < -0.39 is 17.7 Å². The number of nitrogens with zero attached hydrogens (tertiary/aromatic N) is 1. The second-order valence-corrected chi connectivity index (χ2v) is 8.61. The van der Waals surface area contributed by atoms with Crippen LogP contribution in [0.1, 0.15) is 22.7 Å². The number of aliphatic hydroxyl groups is 1. The van der Waals surface area contributed by atoms with E-state index in [9.17, 15) is 19.1 Å². The van der Waals surface area contributed by atoms with E-state index in [0.29, 0.717) is 22.6 Å². The van der Waals surface area contributed by atoms with Crippen LogP contribution in [0.25, 0.3) is 16.7 Å². The van der Waals surface area contributed by atoms with Gasteiger partial charge in [0.1, 0.15) is 11.6 Å². The molecule has 1 aliphatic rings. The molecule has 0 radical (unpaired) electrons. The van der Waals surface area contributed by atoms with Crippen molar-refractivity contribution in [2.45, 2.75) is 12.5 Å². The molecule has 4 aromatic rings. The first-order chi connectivity index (χ1) is 16.4. The molecule has 1 saturated heterocycles. The summed E-state index contributed by atoms with van der Waals surface area (Å²) < 4.78 is 13.3. The zero-order valence-corrected chi connectivity index (χ0v) is 18.7. The van der Waals surface area contributed by atoms with Crippen molar-refractivity contribution in [2.24, 2.45) is 0 Å². The van der Waals surface area contributed by atoms with Gasteiger partial charge in [0.05, 0.1) is 11.6 Å². The average molecular weight is 475 g/mol. The van der Waals surface area contributed by atoms with Crippen LogP contribution in [-0.4, -0.2) is 33.2 Å². The molecule has 2 heterocycles. The van der Waals surface area contributed by atoms with Crippen LogP contribution in [0.15, 0.2) is 84.6 Å². The highest BCUT2D eigenvalue weighted by atomic mass is 35.5. The summed E-state index contributed by atoms with van der Waals surface area (Å²) in [5.41, 5.74) is 2.75. The molecule has 5 rings (SSSR count). The van der Waals surface area contributed by atoms with E-state index in [-0.39, 0.29) is 23.7 Å². The Bertz CT molecular complexity index is 1440. The third-order valence-electron chi connectivity index (χ3n) is 6.11. The lowest BCUT2D eigenvalue weighted by molar-refractivity contribution is -0.139. The smallest absolute Gasteiger partial charge is 0.295 e. The van der Waals surface area contributed by atoms with E-state index in [0.717, 1.165) is 16.5 Å². The number of Topliss-reactive ketones (excluding diaryl/α,β-unsaturated/α-hetero) is 1. The van der Waals surface area contributed by atoms with Crippen LogP contribution in [0.2, 0.25) is 5.02 Å². The van der Waals surface area contributed by atoms with Crippen molar-refractivity contribution in [3.8, 4) is 0 Å². The quantitative estimate of drug-likeness (QED) is 0.224. The van der Waals surface area contributed by atoms with Crippen molar-refractivity contribution in [1.29, 1.82) is 0 Å². The summed E-state index contributed by atoms with van der Waals surface area (Å²) >= 11 is 6.10. The maximum absolute atomic E-state index is 13.3. The number of fused-ring (bicyclic) bond motifs is 1. The predicted octanol–water partition coefficient (Wildman–Crippen LogP) is 5.62. The summed E-state index contributed by atoms with van der Waals surface area (Å²) in [7, 11) is 0. The number of rotatable bonds is 5. The maximum atomic E-state index is 13.3. The van der Waals surface area contributed by atoms with Crippen molar-refractivity contribution < 1.29 is 19.1 Å². The van der Waals surface area contributed by atoms with Crippen LogP contribution in [0.5, 0.6) is 0 Å². The Kier molecular flexibility index (Phi) is 5.67. The highest BCUT2D eigenvalue weighted by molar-refractivity contribution is 6.46. The largest absolute Gasteiger partial charge is 0.507 e. The first-order valence-electron chi connectivity index (χ1n) is 10.8. The summed E-state index contributed by atoms with van der Waals surface area (Å²) in [4.78, 5) is 31.0. The number of amides is 1. The fourth-order valence-electron chi connectivity index (χ4n) is 4.45. The summed E-state index contributed by atoms with van der Waals surface area (Å²) in [5, 5.41) is 12.4. The molecule has 34 heavy (non-hydrogen) atoms. The zero-order valence-electron chi connectivity index (χ0n) is 18.0. The Morgan fingerprint density at radius 3 is 2.56 bits per heavy atom. The Labute approximate surface area is 200 Å². The van der Waals surface area contributed by atoms with Gasteiger partial charge in [-0.1, -0.05) is 54.1 Å². The molecule has 1 unspecified atom stereocenters. The number of para-hydroxylation sites is 1. The maximum Gasteiger partial charge on any atom is 0.295 e. The normalized spacial score (nSPS) is 17.6. The number of aliphatic hydroxyl groups excluding tert-OH is 1. The lowest BCUT2D eigenvalue weighted by atomic mass is 9.95. The van der Waals surface area contributed by atoms with Crippen LogP contribution in [0.3, 0.4) is 0 Å². The Hall–Kier alpha value is -3.90. The molecule has 0 aliphatic carbocycles. The van der Waals surface area contributed by atoms with Crippen molar-refractivity contribution in [1.82, 2.24) is 9.88 Å². The number of benzene rings is 3. The molecular formula is C27H20ClFN2O3. The van der Waals surface area contributed by atoms with Crippen LogP contribution < -0.4 is 0 Å². The Morgan fingerprint density at radius 1 is 1.03 bits per heavy atom. The van der Waals surface area contributed by atoms with Crippen molar-refractivity contribution in [3.63, 3.8) is 0 Å². The van der Waals surface area contributed by atoms with Gasteiger partial charge in [-0.15, -0.1) is 0 Å². The lowest BCUT2D eigenvalue weighted by Gasteiger charge is -2.25. The average Bonchev–Trinajstić information content (AvgIpc) is 3.37. The lowest BCUT2D eigenvalue weighted by Crippen LogP contribution is -2.31. The molecule has 0 spiro atoms. The van der Waals surface area contributed by atoms with Crippen LogP contribution in [-0.2, 0) is 16.0 Å². The van der Waals surface area contributed by atoms with Crippen LogP contribution in [0, 0.1) is 5.82 Å². The molecule has 2 N–H and O–H groups in total. The number of halogens is 2. The van der Waals surface area contributed by atoms with Crippen LogP contribution in [0.4, 0.5) is 4.39 Å². The van der Waals surface area contributed by atoms with Gasteiger partial charge in [0.25, 0.3) is 11.7 Å².